The summed E-state index contributed by atoms with van der Waals surface area (Å²) in [4.78, 5) is 2.50. The minimum Gasteiger partial charge on any atom is -0.457 e. The smallest absolute Gasteiger partial charge is 0.132 e. The molecule has 0 saturated carbocycles. The molecule has 2 aliphatic carbocycles. The Bertz CT molecular complexity index is 3890. The second-order valence-electron chi connectivity index (χ2n) is 19.0. The molecule has 3 nitrogen and oxygen atoms in total. The van der Waals surface area contributed by atoms with Crippen LogP contribution in [0.3, 0.4) is 0 Å². The molecule has 0 atom stereocenters. The fraction of sp³-hybridized carbons (Fsp3) is 0.0294. The molecule has 332 valence electrons. The van der Waals surface area contributed by atoms with Crippen LogP contribution in [0.15, 0.2) is 261 Å². The first-order valence-electron chi connectivity index (χ1n) is 24.5. The van der Waals surface area contributed by atoms with E-state index in [1.54, 1.807) is 0 Å². The first-order valence-corrected chi connectivity index (χ1v) is 24.5. The number of hydrogen-bond donors (Lipinski definition) is 0. The van der Waals surface area contributed by atoms with Gasteiger partial charge < -0.3 is 14.4 Å². The lowest BCUT2D eigenvalue weighted by Crippen LogP contribution is -2.32. The Morgan fingerprint density at radius 2 is 0.592 bits per heavy atom. The van der Waals surface area contributed by atoms with E-state index in [0.717, 1.165) is 84.6 Å². The highest BCUT2D eigenvalue weighted by atomic mass is 16.5. The maximum absolute atomic E-state index is 6.76. The standard InChI is InChI=1S/C68H43NO2/c1-2-20-44(21-3-1)47-22-6-14-32-61(47)69(46-39-41-52-50-25-5-9-27-54(50)68(60(52)43-46)57-30-12-18-36-65(57)71-66-37-19-13-31-58(66)68)62-33-15-7-23-48(62)45-38-40-51-49-24-4-8-26-53(49)67(59(51)42-45)55-28-10-16-34-63(55)70-64-35-17-11-29-56(64)67/h1-43H. The van der Waals surface area contributed by atoms with Crippen LogP contribution >= 0.6 is 0 Å². The van der Waals surface area contributed by atoms with E-state index in [4.69, 9.17) is 9.47 Å². The Morgan fingerprint density at radius 3 is 1.08 bits per heavy atom. The number of anilines is 3. The lowest BCUT2D eigenvalue weighted by Gasteiger charge is -2.40. The van der Waals surface area contributed by atoms with Crippen LogP contribution in [0.5, 0.6) is 23.0 Å². The van der Waals surface area contributed by atoms with Gasteiger partial charge in [-0.05, 0) is 110 Å². The number of hydrogen-bond acceptors (Lipinski definition) is 3. The maximum atomic E-state index is 6.76. The van der Waals surface area contributed by atoms with Gasteiger partial charge >= 0.3 is 0 Å². The van der Waals surface area contributed by atoms with Gasteiger partial charge in [0.15, 0.2) is 0 Å². The van der Waals surface area contributed by atoms with Crippen LogP contribution in [0.2, 0.25) is 0 Å². The van der Waals surface area contributed by atoms with E-state index < -0.39 is 10.8 Å². The average Bonchev–Trinajstić information content (AvgIpc) is 3.89. The summed E-state index contributed by atoms with van der Waals surface area (Å²) in [5.74, 6) is 3.52. The highest BCUT2D eigenvalue weighted by molar-refractivity contribution is 5.98. The van der Waals surface area contributed by atoms with Gasteiger partial charge in [0.05, 0.1) is 22.2 Å². The van der Waals surface area contributed by atoms with Crippen molar-refractivity contribution >= 4 is 17.1 Å². The molecule has 11 aromatic carbocycles. The van der Waals surface area contributed by atoms with Crippen molar-refractivity contribution in [3.05, 3.63) is 305 Å². The fourth-order valence-electron chi connectivity index (χ4n) is 12.9. The summed E-state index contributed by atoms with van der Waals surface area (Å²) >= 11 is 0. The van der Waals surface area contributed by atoms with E-state index >= 15 is 0 Å². The molecule has 0 saturated heterocycles. The van der Waals surface area contributed by atoms with Crippen molar-refractivity contribution in [1.29, 1.82) is 0 Å². The van der Waals surface area contributed by atoms with Gasteiger partial charge in [0.25, 0.3) is 0 Å². The molecule has 15 rings (SSSR count). The SMILES string of the molecule is c1ccc(-c2ccccc2N(c2ccc3c(c2)C2(c4ccccc4Oc4ccccc42)c2ccccc2-3)c2ccccc2-c2ccc3c(c2)C2(c4ccccc4Oc4ccccc42)c2ccccc2-3)cc1. The molecule has 11 aromatic rings. The summed E-state index contributed by atoms with van der Waals surface area (Å²) < 4.78 is 13.5. The third-order valence-corrected chi connectivity index (χ3v) is 15.6. The summed E-state index contributed by atoms with van der Waals surface area (Å²) in [7, 11) is 0. The summed E-state index contributed by atoms with van der Waals surface area (Å²) in [6.45, 7) is 0. The number of ether oxygens (including phenoxy) is 2. The topological polar surface area (TPSA) is 21.7 Å². The van der Waals surface area contributed by atoms with Crippen molar-refractivity contribution in [2.75, 3.05) is 4.90 Å². The van der Waals surface area contributed by atoms with Crippen LogP contribution in [0.4, 0.5) is 17.1 Å². The first kappa shape index (κ1) is 39.8. The highest BCUT2D eigenvalue weighted by Crippen LogP contribution is 2.65. The van der Waals surface area contributed by atoms with Crippen LogP contribution in [0.1, 0.15) is 44.5 Å². The van der Waals surface area contributed by atoms with Gasteiger partial charge in [-0.25, -0.2) is 0 Å². The minimum atomic E-state index is -0.628. The number of benzene rings is 11. The van der Waals surface area contributed by atoms with Crippen LogP contribution in [0.25, 0.3) is 44.5 Å². The molecule has 0 N–H and O–H groups in total. The van der Waals surface area contributed by atoms with Gasteiger partial charge in [0.2, 0.25) is 0 Å². The minimum absolute atomic E-state index is 0.596. The van der Waals surface area contributed by atoms with Crippen molar-refractivity contribution < 1.29 is 9.47 Å². The zero-order valence-electron chi connectivity index (χ0n) is 38.6. The molecule has 0 radical (unpaired) electrons. The van der Waals surface area contributed by atoms with E-state index in [-0.39, 0.29) is 0 Å². The van der Waals surface area contributed by atoms with Gasteiger partial charge in [-0.3, -0.25) is 0 Å². The van der Waals surface area contributed by atoms with Crippen LogP contribution in [-0.4, -0.2) is 0 Å². The normalized spacial score (nSPS) is 14.1. The summed E-state index contributed by atoms with van der Waals surface area (Å²) in [6, 6.07) is 95.2. The van der Waals surface area contributed by atoms with E-state index in [0.29, 0.717) is 0 Å². The van der Waals surface area contributed by atoms with Crippen molar-refractivity contribution in [3.63, 3.8) is 0 Å². The number of para-hydroxylation sites is 6. The Morgan fingerprint density at radius 1 is 0.239 bits per heavy atom. The van der Waals surface area contributed by atoms with Gasteiger partial charge in [-0.15, -0.1) is 0 Å². The zero-order valence-corrected chi connectivity index (χ0v) is 38.6. The third kappa shape index (κ3) is 5.43. The van der Waals surface area contributed by atoms with E-state index in [2.05, 4.69) is 266 Å². The highest BCUT2D eigenvalue weighted by Gasteiger charge is 2.53. The predicted molar refractivity (Wildman–Crippen MR) is 287 cm³/mol. The third-order valence-electron chi connectivity index (χ3n) is 15.6. The molecule has 0 aromatic heterocycles. The Balaban J connectivity index is 0.998. The molecular formula is C68H43NO2. The molecule has 2 spiro atoms. The van der Waals surface area contributed by atoms with E-state index in [9.17, 15) is 0 Å². The molecule has 0 amide bonds. The summed E-state index contributed by atoms with van der Waals surface area (Å²) in [6.07, 6.45) is 0. The van der Waals surface area contributed by atoms with Crippen LogP contribution < -0.4 is 14.4 Å². The molecule has 71 heavy (non-hydrogen) atoms. The molecule has 2 aliphatic heterocycles. The van der Waals surface area contributed by atoms with Gasteiger partial charge in [-0.1, -0.05) is 206 Å². The second kappa shape index (κ2) is 15.2. The summed E-state index contributed by atoms with van der Waals surface area (Å²) in [5.41, 5.74) is 21.1. The first-order chi connectivity index (χ1) is 35.2. The molecule has 0 fully saturated rings. The predicted octanol–water partition coefficient (Wildman–Crippen LogP) is 17.4. The van der Waals surface area contributed by atoms with Gasteiger partial charge in [0.1, 0.15) is 23.0 Å². The van der Waals surface area contributed by atoms with Crippen molar-refractivity contribution in [1.82, 2.24) is 0 Å². The maximum Gasteiger partial charge on any atom is 0.132 e. The van der Waals surface area contributed by atoms with Gasteiger partial charge in [-0.2, -0.15) is 0 Å². The molecule has 0 unspecified atom stereocenters. The molecule has 3 heteroatoms. The number of rotatable bonds is 5. The monoisotopic (exact) mass is 905 g/mol. The quantitative estimate of drug-likeness (QED) is 0.172. The lowest BCUT2D eigenvalue weighted by molar-refractivity contribution is 0.436. The number of fused-ring (bicyclic) bond motifs is 18. The van der Waals surface area contributed by atoms with Crippen molar-refractivity contribution in [2.45, 2.75) is 10.8 Å². The van der Waals surface area contributed by atoms with E-state index in [1.807, 2.05) is 0 Å². The molecular weight excluding hydrogens is 863 g/mol. The second-order valence-corrected chi connectivity index (χ2v) is 19.0. The Labute approximate surface area is 413 Å². The Kier molecular flexibility index (Phi) is 8.49. The number of nitrogens with zero attached hydrogens (tertiary/aromatic N) is 1. The molecule has 2 heterocycles. The molecule has 4 aliphatic rings. The van der Waals surface area contributed by atoms with E-state index in [1.165, 1.54) is 44.5 Å². The Hall–Kier alpha value is -9.18. The summed E-state index contributed by atoms with van der Waals surface area (Å²) in [5, 5.41) is 0. The van der Waals surface area contributed by atoms with Gasteiger partial charge in [0, 0.05) is 39.1 Å². The van der Waals surface area contributed by atoms with Crippen LogP contribution in [0, 0.1) is 0 Å². The fourth-order valence-corrected chi connectivity index (χ4v) is 12.9. The zero-order chi connectivity index (χ0) is 46.7. The van der Waals surface area contributed by atoms with Crippen molar-refractivity contribution in [3.8, 4) is 67.5 Å². The average molecular weight is 906 g/mol. The lowest BCUT2D eigenvalue weighted by atomic mass is 9.66. The van der Waals surface area contributed by atoms with Crippen LogP contribution in [-0.2, 0) is 10.8 Å². The molecule has 0 bridgehead atoms. The largest absolute Gasteiger partial charge is 0.457 e. The van der Waals surface area contributed by atoms with Crippen molar-refractivity contribution in [2.24, 2.45) is 0 Å².